The van der Waals surface area contributed by atoms with Crippen LogP contribution in [0.4, 0.5) is 4.79 Å². The van der Waals surface area contributed by atoms with Crippen molar-refractivity contribution in [1.29, 1.82) is 0 Å². The van der Waals surface area contributed by atoms with Gasteiger partial charge in [-0.1, -0.05) is 18.9 Å². The first kappa shape index (κ1) is 18.3. The lowest BCUT2D eigenvalue weighted by Gasteiger charge is -2.33. The Balaban J connectivity index is 1.76. The molecule has 1 aliphatic heterocycles. The molecule has 23 heavy (non-hydrogen) atoms. The first-order chi connectivity index (χ1) is 10.9. The number of nitrogens with one attached hydrogen (secondary N) is 2. The average molecular weight is 324 g/mol. The molecule has 2 N–H and O–H groups in total. The van der Waals surface area contributed by atoms with Gasteiger partial charge in [-0.15, -0.1) is 0 Å². The number of alkyl carbamates (subject to hydrolysis) is 1. The summed E-state index contributed by atoms with van der Waals surface area (Å²) in [5, 5.41) is 6.61. The molecule has 0 bridgehead atoms. The van der Waals surface area contributed by atoms with E-state index in [9.17, 15) is 4.79 Å². The van der Waals surface area contributed by atoms with E-state index in [1.165, 1.54) is 24.8 Å². The summed E-state index contributed by atoms with van der Waals surface area (Å²) in [7, 11) is 0. The van der Waals surface area contributed by atoms with Crippen LogP contribution in [0.3, 0.4) is 0 Å². The number of amides is 1. The van der Waals surface area contributed by atoms with E-state index in [1.54, 1.807) is 0 Å². The average Bonchev–Trinajstić information content (AvgIpc) is 2.51. The molecular formula is C18H32N2O3. The van der Waals surface area contributed by atoms with Crippen LogP contribution < -0.4 is 10.6 Å². The van der Waals surface area contributed by atoms with Gasteiger partial charge in [-0.3, -0.25) is 0 Å². The predicted octanol–water partition coefficient (Wildman–Crippen LogP) is 3.01. The Bertz CT molecular complexity index is 415. The highest BCUT2D eigenvalue weighted by Gasteiger charge is 2.26. The van der Waals surface area contributed by atoms with Crippen molar-refractivity contribution in [1.82, 2.24) is 10.6 Å². The van der Waals surface area contributed by atoms with Crippen LogP contribution in [0.15, 0.2) is 11.6 Å². The lowest BCUT2D eigenvalue weighted by atomic mass is 9.84. The molecule has 1 saturated carbocycles. The Morgan fingerprint density at radius 3 is 2.83 bits per heavy atom. The molecule has 0 aromatic rings. The van der Waals surface area contributed by atoms with Crippen LogP contribution in [0.2, 0.25) is 0 Å². The lowest BCUT2D eigenvalue weighted by Crippen LogP contribution is -2.45. The Kier molecular flexibility index (Phi) is 6.90. The normalized spacial score (nSPS) is 25.6. The monoisotopic (exact) mass is 324 g/mol. The highest BCUT2D eigenvalue weighted by molar-refractivity contribution is 5.67. The quantitative estimate of drug-likeness (QED) is 0.763. The molecule has 5 nitrogen and oxygen atoms in total. The molecule has 0 radical (unpaired) electrons. The molecule has 5 heteroatoms. The molecule has 2 aliphatic rings. The van der Waals surface area contributed by atoms with Gasteiger partial charge in [-0.05, 0) is 51.5 Å². The predicted molar refractivity (Wildman–Crippen MR) is 91.5 cm³/mol. The maximum absolute atomic E-state index is 11.8. The van der Waals surface area contributed by atoms with Gasteiger partial charge in [0.2, 0.25) is 0 Å². The van der Waals surface area contributed by atoms with Crippen LogP contribution in [-0.2, 0) is 9.47 Å². The fourth-order valence-corrected chi connectivity index (χ4v) is 3.24. The lowest BCUT2D eigenvalue weighted by molar-refractivity contribution is 0.0511. The SMILES string of the molecule is CC(C)(C)OC(=O)NC[C@@H]1CCCC[C@@H]1NCC1=CCCOC1. The van der Waals surface area contributed by atoms with Gasteiger partial charge in [0.05, 0.1) is 13.2 Å². The van der Waals surface area contributed by atoms with E-state index in [-0.39, 0.29) is 6.09 Å². The summed E-state index contributed by atoms with van der Waals surface area (Å²) < 4.78 is 10.8. The first-order valence-electron chi connectivity index (χ1n) is 8.90. The molecule has 1 fully saturated rings. The van der Waals surface area contributed by atoms with E-state index in [2.05, 4.69) is 16.7 Å². The number of hydrogen-bond donors (Lipinski definition) is 2. The minimum Gasteiger partial charge on any atom is -0.444 e. The van der Waals surface area contributed by atoms with Gasteiger partial charge in [-0.25, -0.2) is 4.79 Å². The molecule has 2 atom stereocenters. The summed E-state index contributed by atoms with van der Waals surface area (Å²) in [6, 6.07) is 0.460. The van der Waals surface area contributed by atoms with Crippen molar-refractivity contribution in [2.45, 2.75) is 64.5 Å². The van der Waals surface area contributed by atoms with E-state index in [0.29, 0.717) is 18.5 Å². The number of carbonyl (C=O) groups excluding carboxylic acids is 1. The number of rotatable bonds is 5. The van der Waals surface area contributed by atoms with Crippen LogP contribution in [-0.4, -0.2) is 44.0 Å². The summed E-state index contributed by atoms with van der Waals surface area (Å²) in [5.74, 6) is 0.473. The van der Waals surface area contributed by atoms with E-state index >= 15 is 0 Å². The highest BCUT2D eigenvalue weighted by Crippen LogP contribution is 2.24. The Hall–Kier alpha value is -1.07. The van der Waals surface area contributed by atoms with Crippen molar-refractivity contribution < 1.29 is 14.3 Å². The molecule has 1 aliphatic carbocycles. The zero-order valence-corrected chi connectivity index (χ0v) is 14.8. The Morgan fingerprint density at radius 1 is 1.35 bits per heavy atom. The van der Waals surface area contributed by atoms with Gasteiger partial charge in [0.25, 0.3) is 0 Å². The van der Waals surface area contributed by atoms with E-state index < -0.39 is 5.60 Å². The maximum Gasteiger partial charge on any atom is 0.407 e. The van der Waals surface area contributed by atoms with Crippen molar-refractivity contribution >= 4 is 6.09 Å². The van der Waals surface area contributed by atoms with E-state index in [0.717, 1.165) is 32.6 Å². The van der Waals surface area contributed by atoms with Crippen molar-refractivity contribution in [2.24, 2.45) is 5.92 Å². The van der Waals surface area contributed by atoms with Crippen molar-refractivity contribution in [3.63, 3.8) is 0 Å². The Morgan fingerprint density at radius 2 is 2.13 bits per heavy atom. The van der Waals surface area contributed by atoms with E-state index in [1.807, 2.05) is 20.8 Å². The van der Waals surface area contributed by atoms with Crippen LogP contribution in [0.1, 0.15) is 52.9 Å². The summed E-state index contributed by atoms with van der Waals surface area (Å²) in [5.41, 5.74) is 0.905. The van der Waals surface area contributed by atoms with Gasteiger partial charge in [0.15, 0.2) is 0 Å². The molecule has 1 heterocycles. The minimum atomic E-state index is -0.443. The fourth-order valence-electron chi connectivity index (χ4n) is 3.24. The third-order valence-electron chi connectivity index (χ3n) is 4.39. The van der Waals surface area contributed by atoms with E-state index in [4.69, 9.17) is 9.47 Å². The minimum absolute atomic E-state index is 0.315. The summed E-state index contributed by atoms with van der Waals surface area (Å²) in [4.78, 5) is 11.8. The summed E-state index contributed by atoms with van der Waals surface area (Å²) >= 11 is 0. The standard InChI is InChI=1S/C18H32N2O3/c1-18(2,3)23-17(21)20-12-15-8-4-5-9-16(15)19-11-14-7-6-10-22-13-14/h7,15-16,19H,4-6,8-13H2,1-3H3,(H,20,21)/t15-,16-/m0/s1. The second kappa shape index (κ2) is 8.69. The van der Waals surface area contributed by atoms with Gasteiger partial charge in [0, 0.05) is 19.1 Å². The fraction of sp³-hybridized carbons (Fsp3) is 0.833. The molecular weight excluding hydrogens is 292 g/mol. The zero-order valence-electron chi connectivity index (χ0n) is 14.8. The summed E-state index contributed by atoms with van der Waals surface area (Å²) in [6.45, 7) is 8.83. The van der Waals surface area contributed by atoms with Crippen LogP contribution in [0, 0.1) is 5.92 Å². The third kappa shape index (κ3) is 6.92. The molecule has 0 saturated heterocycles. The first-order valence-corrected chi connectivity index (χ1v) is 8.90. The molecule has 1 amide bonds. The van der Waals surface area contributed by atoms with Gasteiger partial charge >= 0.3 is 6.09 Å². The number of ether oxygens (including phenoxy) is 2. The maximum atomic E-state index is 11.8. The second-order valence-corrected chi connectivity index (χ2v) is 7.62. The Labute approximate surface area is 140 Å². The van der Waals surface area contributed by atoms with Crippen LogP contribution in [0.25, 0.3) is 0 Å². The smallest absolute Gasteiger partial charge is 0.407 e. The largest absolute Gasteiger partial charge is 0.444 e. The number of hydrogen-bond acceptors (Lipinski definition) is 4. The molecule has 132 valence electrons. The second-order valence-electron chi connectivity index (χ2n) is 7.62. The van der Waals surface area contributed by atoms with Crippen molar-refractivity contribution in [3.8, 4) is 0 Å². The van der Waals surface area contributed by atoms with Crippen LogP contribution in [0.5, 0.6) is 0 Å². The van der Waals surface area contributed by atoms with Crippen LogP contribution >= 0.6 is 0 Å². The molecule has 2 rings (SSSR count). The molecule has 0 spiro atoms. The molecule has 0 unspecified atom stereocenters. The molecule has 0 aromatic carbocycles. The molecule has 0 aromatic heterocycles. The number of carbonyl (C=O) groups is 1. The van der Waals surface area contributed by atoms with Crippen molar-refractivity contribution in [2.75, 3.05) is 26.3 Å². The highest BCUT2D eigenvalue weighted by atomic mass is 16.6. The zero-order chi connectivity index (χ0) is 16.7. The summed E-state index contributed by atoms with van der Waals surface area (Å²) in [6.07, 6.45) is 7.82. The van der Waals surface area contributed by atoms with Crippen molar-refractivity contribution in [3.05, 3.63) is 11.6 Å². The van der Waals surface area contributed by atoms with Gasteiger partial charge in [0.1, 0.15) is 5.60 Å². The topological polar surface area (TPSA) is 59.6 Å². The van der Waals surface area contributed by atoms with Gasteiger partial charge in [-0.2, -0.15) is 0 Å². The van der Waals surface area contributed by atoms with Gasteiger partial charge < -0.3 is 20.1 Å². The third-order valence-corrected chi connectivity index (χ3v) is 4.39.